The van der Waals surface area contributed by atoms with Gasteiger partial charge in [0, 0.05) is 34.7 Å². The summed E-state index contributed by atoms with van der Waals surface area (Å²) >= 11 is 12.6. The van der Waals surface area contributed by atoms with E-state index in [2.05, 4.69) is 20.3 Å². The lowest BCUT2D eigenvalue weighted by atomic mass is 9.87. The van der Waals surface area contributed by atoms with Gasteiger partial charge in [-0.15, -0.1) is 0 Å². The van der Waals surface area contributed by atoms with E-state index in [-0.39, 0.29) is 30.2 Å². The molecule has 1 atom stereocenters. The molecule has 1 N–H and O–H groups in total. The molecule has 14 heteroatoms. The summed E-state index contributed by atoms with van der Waals surface area (Å²) in [5.74, 6) is -0.607. The van der Waals surface area contributed by atoms with E-state index in [1.807, 2.05) is 13.8 Å². The lowest BCUT2D eigenvalue weighted by Crippen LogP contribution is -2.51. The summed E-state index contributed by atoms with van der Waals surface area (Å²) in [6.45, 7) is 4.60. The summed E-state index contributed by atoms with van der Waals surface area (Å²) in [5.41, 5.74) is 0.869. The predicted molar refractivity (Wildman–Crippen MR) is 153 cm³/mol. The zero-order valence-corrected chi connectivity index (χ0v) is 24.4. The minimum Gasteiger partial charge on any atom is -0.480 e. The van der Waals surface area contributed by atoms with E-state index in [9.17, 15) is 14.0 Å². The number of benzene rings is 1. The maximum Gasteiger partial charge on any atom is 0.319 e. The van der Waals surface area contributed by atoms with E-state index in [1.54, 1.807) is 35.8 Å². The van der Waals surface area contributed by atoms with Gasteiger partial charge in [0.25, 0.3) is 11.8 Å². The van der Waals surface area contributed by atoms with E-state index in [1.165, 1.54) is 24.4 Å². The van der Waals surface area contributed by atoms with E-state index in [0.717, 1.165) is 0 Å². The highest BCUT2D eigenvalue weighted by molar-refractivity contribution is 6.32. The average Bonchev–Trinajstić information content (AvgIpc) is 3.57. The molecule has 11 nitrogen and oxygen atoms in total. The number of rotatable bonds is 7. The lowest BCUT2D eigenvalue weighted by molar-refractivity contribution is -0.119. The second-order valence-electron chi connectivity index (χ2n) is 9.96. The molecule has 0 fully saturated rings. The number of aromatic nitrogens is 5. The molecule has 3 aromatic heterocycles. The largest absolute Gasteiger partial charge is 0.480 e. The number of fused-ring (bicyclic) bond motifs is 4. The van der Waals surface area contributed by atoms with Crippen molar-refractivity contribution in [3.63, 3.8) is 0 Å². The minimum absolute atomic E-state index is 0.0517. The van der Waals surface area contributed by atoms with Crippen LogP contribution in [0.3, 0.4) is 0 Å². The van der Waals surface area contributed by atoms with Gasteiger partial charge in [-0.25, -0.2) is 14.4 Å². The number of nitrogens with zero attached hydrogens (tertiary/aromatic N) is 6. The third-order valence-electron chi connectivity index (χ3n) is 7.20. The molecule has 1 spiro atoms. The van der Waals surface area contributed by atoms with Gasteiger partial charge in [-0.1, -0.05) is 29.3 Å². The number of aryl methyl sites for hydroxylation is 1. The smallest absolute Gasteiger partial charge is 0.319 e. The molecular weight excluding hydrogens is 588 g/mol. The van der Waals surface area contributed by atoms with Crippen molar-refractivity contribution in [2.75, 3.05) is 30.6 Å². The van der Waals surface area contributed by atoms with Crippen LogP contribution in [0.1, 0.15) is 47.3 Å². The summed E-state index contributed by atoms with van der Waals surface area (Å²) in [6.07, 6.45) is 2.90. The molecule has 6 rings (SSSR count). The van der Waals surface area contributed by atoms with Crippen LogP contribution >= 0.6 is 23.2 Å². The zero-order chi connectivity index (χ0) is 29.9. The molecule has 2 amide bonds. The average molecular weight is 612 g/mol. The van der Waals surface area contributed by atoms with Crippen LogP contribution in [0.2, 0.25) is 10.0 Å². The molecule has 2 aliphatic heterocycles. The van der Waals surface area contributed by atoms with Crippen LogP contribution in [0.15, 0.2) is 36.7 Å². The normalized spacial score (nSPS) is 17.2. The molecular formula is C28H24Cl2FN7O4. The molecule has 0 aliphatic carbocycles. The van der Waals surface area contributed by atoms with Gasteiger partial charge in [0.2, 0.25) is 5.88 Å². The first-order chi connectivity index (χ1) is 20.1. The Morgan fingerprint density at radius 2 is 1.88 bits per heavy atom. The number of carbonyl (C=O) groups excluding carboxylic acids is 2. The van der Waals surface area contributed by atoms with Gasteiger partial charge in [-0.3, -0.25) is 19.5 Å². The SMILES string of the molecule is COc1nc(OCCF)ncc1-c1nc2c(n1C(C)C)[C@]1(C(=O)Nc3cc(Cl)ccc31)N(c1cc(Cl)cnc1C)C2=O. The number of nitrogens with one attached hydrogen (secondary N) is 1. The van der Waals surface area contributed by atoms with Gasteiger partial charge in [0.05, 0.1) is 34.8 Å². The van der Waals surface area contributed by atoms with Crippen molar-refractivity contribution in [1.29, 1.82) is 0 Å². The number of halogens is 3. The number of hydrogen-bond donors (Lipinski definition) is 1. The highest BCUT2D eigenvalue weighted by atomic mass is 35.5. The van der Waals surface area contributed by atoms with Crippen LogP contribution in [-0.4, -0.2) is 56.7 Å². The Balaban J connectivity index is 1.67. The van der Waals surface area contributed by atoms with Crippen LogP contribution in [0.4, 0.5) is 15.8 Å². The zero-order valence-electron chi connectivity index (χ0n) is 22.9. The Labute approximate surface area is 249 Å². The summed E-state index contributed by atoms with van der Waals surface area (Å²) in [5, 5.41) is 3.63. The molecule has 216 valence electrons. The van der Waals surface area contributed by atoms with Crippen LogP contribution in [-0.2, 0) is 10.3 Å². The maximum absolute atomic E-state index is 14.4. The highest BCUT2D eigenvalue weighted by Gasteiger charge is 2.64. The maximum atomic E-state index is 14.4. The fraction of sp³-hybridized carbons (Fsp3) is 0.286. The Morgan fingerprint density at radius 1 is 1.10 bits per heavy atom. The van der Waals surface area contributed by atoms with E-state index < -0.39 is 24.0 Å². The van der Waals surface area contributed by atoms with Crippen molar-refractivity contribution in [2.24, 2.45) is 0 Å². The van der Waals surface area contributed by atoms with E-state index in [0.29, 0.717) is 49.8 Å². The Bertz CT molecular complexity index is 1780. The lowest BCUT2D eigenvalue weighted by Gasteiger charge is -2.36. The van der Waals surface area contributed by atoms with Gasteiger partial charge in [0.1, 0.15) is 19.1 Å². The van der Waals surface area contributed by atoms with Crippen LogP contribution in [0, 0.1) is 6.92 Å². The number of anilines is 2. The van der Waals surface area contributed by atoms with Gasteiger partial charge in [0.15, 0.2) is 11.2 Å². The number of methoxy groups -OCH3 is 1. The van der Waals surface area contributed by atoms with Crippen molar-refractivity contribution in [3.05, 3.63) is 69.3 Å². The third kappa shape index (κ3) is 3.92. The molecule has 0 radical (unpaired) electrons. The molecule has 42 heavy (non-hydrogen) atoms. The number of alkyl halides is 1. The van der Waals surface area contributed by atoms with Crippen molar-refractivity contribution in [1.82, 2.24) is 24.5 Å². The third-order valence-corrected chi connectivity index (χ3v) is 7.64. The highest BCUT2D eigenvalue weighted by Crippen LogP contribution is 2.55. The Kier molecular flexibility index (Phi) is 6.77. The van der Waals surface area contributed by atoms with E-state index >= 15 is 0 Å². The summed E-state index contributed by atoms with van der Waals surface area (Å²) in [7, 11) is 1.41. The van der Waals surface area contributed by atoms with Crippen molar-refractivity contribution < 1.29 is 23.5 Å². The number of ether oxygens (including phenoxy) is 2. The molecule has 5 heterocycles. The number of hydrogen-bond acceptors (Lipinski definition) is 8. The molecule has 1 aromatic carbocycles. The standard InChI is InChI=1S/C28H24Cl2FN7O4/c1-13(2)37-22-21(35-23(37)17-12-33-27(42-8-7-31)36-24(17)41-4)25(39)38(20-10-16(30)11-32-14(20)3)28(22)18-6-5-15(29)9-19(18)34-26(28)40/h5-6,9-13H,7-8H2,1-4H3,(H,34,40)/t28-/m1/s1. The van der Waals surface area contributed by atoms with Gasteiger partial charge >= 0.3 is 6.01 Å². The number of carbonyl (C=O) groups is 2. The van der Waals surface area contributed by atoms with Crippen LogP contribution in [0.25, 0.3) is 11.4 Å². The summed E-state index contributed by atoms with van der Waals surface area (Å²) in [4.78, 5) is 47.7. The topological polar surface area (TPSA) is 124 Å². The molecule has 0 saturated heterocycles. The minimum atomic E-state index is -1.68. The van der Waals surface area contributed by atoms with Crippen LogP contribution < -0.4 is 19.7 Å². The first-order valence-electron chi connectivity index (χ1n) is 12.9. The molecule has 0 saturated carbocycles. The predicted octanol–water partition coefficient (Wildman–Crippen LogP) is 5.14. The van der Waals surface area contributed by atoms with Crippen molar-refractivity contribution in [2.45, 2.75) is 32.4 Å². The number of imidazole rings is 1. The molecule has 0 bridgehead atoms. The summed E-state index contributed by atoms with van der Waals surface area (Å²) in [6, 6.07) is 6.23. The molecule has 4 aromatic rings. The Morgan fingerprint density at radius 3 is 2.60 bits per heavy atom. The molecule has 2 aliphatic rings. The second-order valence-corrected chi connectivity index (χ2v) is 10.8. The molecule has 0 unspecified atom stereocenters. The second kappa shape index (κ2) is 10.2. The first kappa shape index (κ1) is 27.9. The fourth-order valence-corrected chi connectivity index (χ4v) is 5.91. The summed E-state index contributed by atoms with van der Waals surface area (Å²) < 4.78 is 25.2. The Hall–Kier alpha value is -4.29. The van der Waals surface area contributed by atoms with Crippen LogP contribution in [0.5, 0.6) is 11.9 Å². The van der Waals surface area contributed by atoms with Crippen molar-refractivity contribution >= 4 is 46.4 Å². The monoisotopic (exact) mass is 611 g/mol. The number of amides is 2. The van der Waals surface area contributed by atoms with Gasteiger partial charge in [-0.2, -0.15) is 4.98 Å². The van der Waals surface area contributed by atoms with Crippen molar-refractivity contribution in [3.8, 4) is 23.3 Å². The van der Waals surface area contributed by atoms with Gasteiger partial charge in [-0.05, 0) is 39.0 Å². The first-order valence-corrected chi connectivity index (χ1v) is 13.7. The number of pyridine rings is 1. The van der Waals surface area contributed by atoms with E-state index in [4.69, 9.17) is 37.7 Å². The van der Waals surface area contributed by atoms with Gasteiger partial charge < -0.3 is 19.4 Å². The fourth-order valence-electron chi connectivity index (χ4n) is 5.58. The quantitative estimate of drug-likeness (QED) is 0.304.